The summed E-state index contributed by atoms with van der Waals surface area (Å²) in [5, 5.41) is 19.8. The van der Waals surface area contributed by atoms with Crippen LogP contribution >= 0.6 is 11.6 Å². The van der Waals surface area contributed by atoms with Gasteiger partial charge in [-0.2, -0.15) is 0 Å². The van der Waals surface area contributed by atoms with Crippen LogP contribution in [0.3, 0.4) is 0 Å². The van der Waals surface area contributed by atoms with Gasteiger partial charge in [0.15, 0.2) is 0 Å². The Labute approximate surface area is 115 Å². The van der Waals surface area contributed by atoms with E-state index in [-0.39, 0.29) is 36.0 Å². The van der Waals surface area contributed by atoms with Crippen molar-refractivity contribution in [2.45, 2.75) is 0 Å². The van der Waals surface area contributed by atoms with Gasteiger partial charge in [0.25, 0.3) is 11.6 Å². The summed E-state index contributed by atoms with van der Waals surface area (Å²) in [5.74, 6) is -0.605. The number of rotatable bonds is 6. The first-order chi connectivity index (χ1) is 9.02. The molecule has 0 atom stereocenters. The predicted octanol–water partition coefficient (Wildman–Crippen LogP) is 1.87. The number of halogens is 1. The van der Waals surface area contributed by atoms with Crippen LogP contribution in [0.15, 0.2) is 30.9 Å². The third-order valence-corrected chi connectivity index (χ3v) is 2.72. The molecule has 19 heavy (non-hydrogen) atoms. The van der Waals surface area contributed by atoms with Crippen LogP contribution in [0.1, 0.15) is 10.4 Å². The van der Waals surface area contributed by atoms with Crippen LogP contribution in [0.5, 0.6) is 0 Å². The predicted molar refractivity (Wildman–Crippen MR) is 71.3 cm³/mol. The normalized spacial score (nSPS) is 10.0. The Morgan fingerprint density at radius 3 is 2.79 bits per heavy atom. The Morgan fingerprint density at radius 2 is 2.26 bits per heavy atom. The number of aliphatic hydroxyl groups is 1. The van der Waals surface area contributed by atoms with Crippen molar-refractivity contribution in [3.8, 4) is 0 Å². The quantitative estimate of drug-likeness (QED) is 0.491. The third kappa shape index (κ3) is 3.52. The molecular formula is C12H13ClN2O4. The Kier molecular flexibility index (Phi) is 5.47. The van der Waals surface area contributed by atoms with E-state index in [1.54, 1.807) is 0 Å². The highest BCUT2D eigenvalue weighted by Crippen LogP contribution is 2.27. The third-order valence-electron chi connectivity index (χ3n) is 2.41. The maximum Gasteiger partial charge on any atom is 0.283 e. The number of nitrogens with zero attached hydrogens (tertiary/aromatic N) is 2. The minimum absolute atomic E-state index is 0.00574. The van der Waals surface area contributed by atoms with Crippen molar-refractivity contribution in [3.05, 3.63) is 51.6 Å². The van der Waals surface area contributed by atoms with Crippen LogP contribution in [0, 0.1) is 10.1 Å². The molecule has 1 aromatic rings. The number of hydrogen-bond donors (Lipinski definition) is 1. The van der Waals surface area contributed by atoms with Crippen molar-refractivity contribution >= 4 is 23.2 Å². The molecule has 0 bridgehead atoms. The van der Waals surface area contributed by atoms with E-state index in [0.717, 1.165) is 0 Å². The Balaban J connectivity index is 3.23. The zero-order valence-corrected chi connectivity index (χ0v) is 10.8. The van der Waals surface area contributed by atoms with E-state index in [0.29, 0.717) is 0 Å². The largest absolute Gasteiger partial charge is 0.395 e. The number of nitro groups is 1. The van der Waals surface area contributed by atoms with Crippen LogP contribution < -0.4 is 0 Å². The minimum Gasteiger partial charge on any atom is -0.395 e. The molecule has 0 aliphatic heterocycles. The lowest BCUT2D eigenvalue weighted by atomic mass is 10.1. The average molecular weight is 285 g/mol. The maximum atomic E-state index is 12.2. The van der Waals surface area contributed by atoms with Crippen molar-refractivity contribution in [1.82, 2.24) is 4.90 Å². The zero-order chi connectivity index (χ0) is 14.4. The van der Waals surface area contributed by atoms with Gasteiger partial charge in [0.1, 0.15) is 5.56 Å². The number of aliphatic hydroxyl groups excluding tert-OH is 1. The summed E-state index contributed by atoms with van der Waals surface area (Å²) in [4.78, 5) is 23.7. The number of carbonyl (C=O) groups excluding carboxylic acids is 1. The van der Waals surface area contributed by atoms with Crippen molar-refractivity contribution in [3.63, 3.8) is 0 Å². The molecule has 0 aliphatic rings. The summed E-state index contributed by atoms with van der Waals surface area (Å²) in [7, 11) is 0. The topological polar surface area (TPSA) is 83.7 Å². The molecule has 1 rings (SSSR count). The van der Waals surface area contributed by atoms with Gasteiger partial charge in [0, 0.05) is 19.2 Å². The molecule has 0 saturated heterocycles. The fraction of sp³-hybridized carbons (Fsp3) is 0.250. The number of amides is 1. The Bertz CT molecular complexity index is 505. The molecule has 0 unspecified atom stereocenters. The summed E-state index contributed by atoms with van der Waals surface area (Å²) in [6, 6.07) is 4.03. The molecule has 1 amide bonds. The second-order valence-corrected chi connectivity index (χ2v) is 4.06. The van der Waals surface area contributed by atoms with Crippen molar-refractivity contribution in [2.75, 3.05) is 19.7 Å². The van der Waals surface area contributed by atoms with E-state index in [1.165, 1.54) is 29.2 Å². The van der Waals surface area contributed by atoms with Gasteiger partial charge in [0.2, 0.25) is 0 Å². The highest BCUT2D eigenvalue weighted by atomic mass is 35.5. The van der Waals surface area contributed by atoms with Crippen molar-refractivity contribution < 1.29 is 14.8 Å². The summed E-state index contributed by atoms with van der Waals surface area (Å²) < 4.78 is 0. The second-order valence-electron chi connectivity index (χ2n) is 3.65. The highest BCUT2D eigenvalue weighted by Gasteiger charge is 2.26. The minimum atomic E-state index is -0.663. The van der Waals surface area contributed by atoms with Crippen LogP contribution in [0.25, 0.3) is 0 Å². The Hall–Kier alpha value is -1.92. The fourth-order valence-corrected chi connectivity index (χ4v) is 1.84. The summed E-state index contributed by atoms with van der Waals surface area (Å²) in [6.07, 6.45) is 1.47. The average Bonchev–Trinajstić information content (AvgIpc) is 2.37. The molecule has 102 valence electrons. The molecule has 0 saturated carbocycles. The molecule has 0 aliphatic carbocycles. The van der Waals surface area contributed by atoms with E-state index >= 15 is 0 Å². The van der Waals surface area contributed by atoms with Gasteiger partial charge in [-0.05, 0) is 6.07 Å². The molecule has 0 aromatic heterocycles. The smallest absolute Gasteiger partial charge is 0.283 e. The van der Waals surface area contributed by atoms with Gasteiger partial charge >= 0.3 is 0 Å². The summed E-state index contributed by atoms with van der Waals surface area (Å²) in [6.45, 7) is 3.46. The molecule has 0 heterocycles. The van der Waals surface area contributed by atoms with Crippen molar-refractivity contribution in [1.29, 1.82) is 0 Å². The summed E-state index contributed by atoms with van der Waals surface area (Å²) in [5.41, 5.74) is -0.533. The standard InChI is InChI=1S/C12H13ClN2O4/c1-2-6-14(7-8-16)12(17)11-9(13)4-3-5-10(11)15(18)19/h2-5,16H,1,6-8H2. The molecule has 0 fully saturated rings. The van der Waals surface area contributed by atoms with Gasteiger partial charge in [-0.15, -0.1) is 6.58 Å². The van der Waals surface area contributed by atoms with Gasteiger partial charge in [0.05, 0.1) is 16.6 Å². The molecule has 1 N–H and O–H groups in total. The fourth-order valence-electron chi connectivity index (χ4n) is 1.59. The maximum absolute atomic E-state index is 12.2. The Morgan fingerprint density at radius 1 is 1.58 bits per heavy atom. The monoisotopic (exact) mass is 284 g/mol. The summed E-state index contributed by atoms with van der Waals surface area (Å²) >= 11 is 5.87. The molecule has 0 spiro atoms. The first kappa shape index (κ1) is 15.1. The lowest BCUT2D eigenvalue weighted by Crippen LogP contribution is -2.34. The number of benzene rings is 1. The van der Waals surface area contributed by atoms with Crippen LogP contribution in [0.2, 0.25) is 5.02 Å². The van der Waals surface area contributed by atoms with E-state index in [9.17, 15) is 14.9 Å². The molecular weight excluding hydrogens is 272 g/mol. The highest BCUT2D eigenvalue weighted by molar-refractivity contribution is 6.34. The first-order valence-electron chi connectivity index (χ1n) is 5.46. The van der Waals surface area contributed by atoms with Crippen LogP contribution in [-0.4, -0.2) is 40.5 Å². The lowest BCUT2D eigenvalue weighted by molar-refractivity contribution is -0.385. The van der Waals surface area contributed by atoms with Gasteiger partial charge < -0.3 is 10.0 Å². The lowest BCUT2D eigenvalue weighted by Gasteiger charge is -2.20. The van der Waals surface area contributed by atoms with Crippen LogP contribution in [0.4, 0.5) is 5.69 Å². The molecule has 0 radical (unpaired) electrons. The molecule has 1 aromatic carbocycles. The first-order valence-corrected chi connectivity index (χ1v) is 5.84. The van der Waals surface area contributed by atoms with Crippen molar-refractivity contribution in [2.24, 2.45) is 0 Å². The number of carbonyl (C=O) groups is 1. The SMILES string of the molecule is C=CCN(CCO)C(=O)c1c(Cl)cccc1[N+](=O)[O-]. The van der Waals surface area contributed by atoms with E-state index in [4.69, 9.17) is 16.7 Å². The molecule has 6 nitrogen and oxygen atoms in total. The van der Waals surface area contributed by atoms with Crippen LogP contribution in [-0.2, 0) is 0 Å². The molecule has 7 heteroatoms. The van der Waals surface area contributed by atoms with Gasteiger partial charge in [-0.3, -0.25) is 14.9 Å². The van der Waals surface area contributed by atoms with Gasteiger partial charge in [-0.1, -0.05) is 23.7 Å². The number of nitro benzene ring substituents is 1. The second kappa shape index (κ2) is 6.86. The van der Waals surface area contributed by atoms with E-state index < -0.39 is 10.8 Å². The van der Waals surface area contributed by atoms with E-state index in [1.807, 2.05) is 0 Å². The van der Waals surface area contributed by atoms with E-state index in [2.05, 4.69) is 6.58 Å². The van der Waals surface area contributed by atoms with Gasteiger partial charge in [-0.25, -0.2) is 0 Å². The number of hydrogen-bond acceptors (Lipinski definition) is 4. The zero-order valence-electron chi connectivity index (χ0n) is 10.1.